The number of hydrogen-bond donors (Lipinski definition) is 1. The van der Waals surface area contributed by atoms with Crippen LogP contribution < -0.4 is 10.1 Å². The van der Waals surface area contributed by atoms with Crippen molar-refractivity contribution in [2.45, 2.75) is 71.5 Å². The van der Waals surface area contributed by atoms with Crippen LogP contribution in [0.15, 0.2) is 18.2 Å². The lowest BCUT2D eigenvalue weighted by Gasteiger charge is -2.35. The number of carbonyl (C=O) groups is 1. The predicted octanol–water partition coefficient (Wildman–Crippen LogP) is 3.53. The van der Waals surface area contributed by atoms with E-state index in [4.69, 9.17) is 4.74 Å². The second kappa shape index (κ2) is 8.22. The first-order valence-corrected chi connectivity index (χ1v) is 9.87. The molecule has 1 aliphatic heterocycles. The summed E-state index contributed by atoms with van der Waals surface area (Å²) in [6, 6.07) is 6.63. The number of nitrogens with zero attached hydrogens (tertiary/aromatic N) is 1. The van der Waals surface area contributed by atoms with Gasteiger partial charge in [-0.1, -0.05) is 25.8 Å². The Bertz CT molecular complexity index is 602. The van der Waals surface area contributed by atoms with E-state index in [2.05, 4.69) is 35.3 Å². The smallest absolute Gasteiger partial charge is 0.237 e. The normalized spacial score (nSPS) is 25.1. The molecule has 0 bridgehead atoms. The molecule has 1 aromatic carbocycles. The van der Waals surface area contributed by atoms with Crippen LogP contribution in [0.4, 0.5) is 0 Å². The molecule has 3 atom stereocenters. The molecule has 0 aromatic heterocycles. The van der Waals surface area contributed by atoms with Crippen molar-refractivity contribution in [1.82, 2.24) is 10.2 Å². The van der Waals surface area contributed by atoms with Crippen LogP contribution in [0.1, 0.15) is 57.6 Å². The third-order valence-electron chi connectivity index (χ3n) is 5.90. The van der Waals surface area contributed by atoms with Crippen LogP contribution in [0.25, 0.3) is 0 Å². The van der Waals surface area contributed by atoms with Crippen LogP contribution in [-0.2, 0) is 17.8 Å². The number of carbonyl (C=O) groups excluding carboxylic acids is 1. The molecular weight excluding hydrogens is 312 g/mol. The van der Waals surface area contributed by atoms with Gasteiger partial charge in [0.1, 0.15) is 5.75 Å². The van der Waals surface area contributed by atoms with Gasteiger partial charge in [-0.25, -0.2) is 0 Å². The van der Waals surface area contributed by atoms with E-state index >= 15 is 0 Å². The van der Waals surface area contributed by atoms with Crippen molar-refractivity contribution in [1.29, 1.82) is 0 Å². The van der Waals surface area contributed by atoms with Gasteiger partial charge in [-0.05, 0) is 62.3 Å². The zero-order valence-corrected chi connectivity index (χ0v) is 15.9. The van der Waals surface area contributed by atoms with Gasteiger partial charge in [0.05, 0.1) is 12.6 Å². The monoisotopic (exact) mass is 344 g/mol. The van der Waals surface area contributed by atoms with Crippen molar-refractivity contribution in [2.24, 2.45) is 5.92 Å². The minimum absolute atomic E-state index is 0.0852. The van der Waals surface area contributed by atoms with E-state index in [1.54, 1.807) is 0 Å². The summed E-state index contributed by atoms with van der Waals surface area (Å²) in [5.74, 6) is 1.71. The zero-order valence-electron chi connectivity index (χ0n) is 15.9. The van der Waals surface area contributed by atoms with Gasteiger partial charge in [0.2, 0.25) is 5.91 Å². The number of amides is 1. The van der Waals surface area contributed by atoms with Crippen LogP contribution in [-0.4, -0.2) is 36.0 Å². The van der Waals surface area contributed by atoms with Gasteiger partial charge in [-0.15, -0.1) is 0 Å². The minimum Gasteiger partial charge on any atom is -0.494 e. The lowest BCUT2D eigenvalue weighted by Crippen LogP contribution is -2.51. The van der Waals surface area contributed by atoms with E-state index in [1.165, 1.54) is 30.4 Å². The number of hydrogen-bond acceptors (Lipinski definition) is 3. The second-order valence-electron chi connectivity index (χ2n) is 7.64. The topological polar surface area (TPSA) is 41.6 Å². The Morgan fingerprint density at radius 2 is 2.12 bits per heavy atom. The van der Waals surface area contributed by atoms with Gasteiger partial charge in [-0.2, -0.15) is 0 Å². The number of rotatable bonds is 5. The molecule has 1 aromatic rings. The maximum absolute atomic E-state index is 12.8. The average Bonchev–Trinajstić information content (AvgIpc) is 2.62. The van der Waals surface area contributed by atoms with Crippen LogP contribution in [0, 0.1) is 5.92 Å². The maximum atomic E-state index is 12.8. The highest BCUT2D eigenvalue weighted by Gasteiger charge is 2.29. The molecule has 3 rings (SSSR count). The first-order chi connectivity index (χ1) is 12.1. The van der Waals surface area contributed by atoms with Crippen molar-refractivity contribution >= 4 is 5.91 Å². The maximum Gasteiger partial charge on any atom is 0.237 e. The highest BCUT2D eigenvalue weighted by molar-refractivity contribution is 5.81. The summed E-state index contributed by atoms with van der Waals surface area (Å²) in [5, 5.41) is 3.32. The van der Waals surface area contributed by atoms with Crippen molar-refractivity contribution in [3.8, 4) is 5.75 Å². The number of nitrogens with one attached hydrogen (secondary N) is 1. The summed E-state index contributed by atoms with van der Waals surface area (Å²) in [5.41, 5.74) is 2.68. The summed E-state index contributed by atoms with van der Waals surface area (Å²) >= 11 is 0. The van der Waals surface area contributed by atoms with Gasteiger partial charge in [0.25, 0.3) is 0 Å². The molecule has 0 unspecified atom stereocenters. The quantitative estimate of drug-likeness (QED) is 0.888. The van der Waals surface area contributed by atoms with E-state index in [0.717, 1.165) is 31.7 Å². The average molecular weight is 344 g/mol. The minimum atomic E-state index is -0.0852. The molecule has 2 aliphatic rings. The van der Waals surface area contributed by atoms with Crippen LogP contribution in [0.5, 0.6) is 5.75 Å². The Kier molecular flexibility index (Phi) is 6.00. The third-order valence-corrected chi connectivity index (χ3v) is 5.90. The summed E-state index contributed by atoms with van der Waals surface area (Å²) in [6.45, 7) is 8.76. The highest BCUT2D eigenvalue weighted by atomic mass is 16.5. The van der Waals surface area contributed by atoms with Crippen LogP contribution in [0.2, 0.25) is 0 Å². The van der Waals surface area contributed by atoms with Gasteiger partial charge in [-0.3, -0.25) is 9.69 Å². The molecule has 1 N–H and O–H groups in total. The number of ether oxygens (including phenoxy) is 1. The Morgan fingerprint density at radius 1 is 1.32 bits per heavy atom. The van der Waals surface area contributed by atoms with E-state index in [9.17, 15) is 4.79 Å². The Labute approximate surface area is 151 Å². The van der Waals surface area contributed by atoms with Gasteiger partial charge in [0, 0.05) is 19.1 Å². The van der Waals surface area contributed by atoms with E-state index in [0.29, 0.717) is 18.6 Å². The summed E-state index contributed by atoms with van der Waals surface area (Å²) in [6.07, 6.45) is 5.89. The molecule has 1 heterocycles. The molecule has 25 heavy (non-hydrogen) atoms. The molecule has 1 aliphatic carbocycles. The van der Waals surface area contributed by atoms with Crippen LogP contribution in [0.3, 0.4) is 0 Å². The summed E-state index contributed by atoms with van der Waals surface area (Å²) < 4.78 is 5.63. The Balaban J connectivity index is 1.62. The molecule has 1 fully saturated rings. The van der Waals surface area contributed by atoms with Gasteiger partial charge in [0.15, 0.2) is 0 Å². The Morgan fingerprint density at radius 3 is 2.88 bits per heavy atom. The van der Waals surface area contributed by atoms with E-state index < -0.39 is 0 Å². The SMILES string of the molecule is CCOc1ccc2c(c1)CN([C@H](C)C(=O)N[C@H]1CCCC[C@H]1C)CC2. The van der Waals surface area contributed by atoms with Crippen molar-refractivity contribution < 1.29 is 9.53 Å². The molecule has 0 spiro atoms. The first-order valence-electron chi connectivity index (χ1n) is 9.87. The molecule has 4 nitrogen and oxygen atoms in total. The fraction of sp³-hybridized carbons (Fsp3) is 0.667. The lowest BCUT2D eigenvalue weighted by molar-refractivity contribution is -0.127. The summed E-state index contributed by atoms with van der Waals surface area (Å²) in [4.78, 5) is 15.1. The van der Waals surface area contributed by atoms with E-state index in [-0.39, 0.29) is 11.9 Å². The van der Waals surface area contributed by atoms with Crippen molar-refractivity contribution in [3.05, 3.63) is 29.3 Å². The predicted molar refractivity (Wildman–Crippen MR) is 101 cm³/mol. The fourth-order valence-electron chi connectivity index (χ4n) is 4.14. The molecule has 1 saturated carbocycles. The van der Waals surface area contributed by atoms with Gasteiger partial charge < -0.3 is 10.1 Å². The molecule has 138 valence electrons. The van der Waals surface area contributed by atoms with Crippen molar-refractivity contribution in [3.63, 3.8) is 0 Å². The first kappa shape index (κ1) is 18.2. The van der Waals surface area contributed by atoms with Crippen molar-refractivity contribution in [2.75, 3.05) is 13.2 Å². The number of benzene rings is 1. The third kappa shape index (κ3) is 4.35. The molecule has 0 saturated heterocycles. The molecular formula is C21H32N2O2. The zero-order chi connectivity index (χ0) is 17.8. The van der Waals surface area contributed by atoms with E-state index in [1.807, 2.05) is 13.8 Å². The second-order valence-corrected chi connectivity index (χ2v) is 7.64. The number of fused-ring (bicyclic) bond motifs is 1. The standard InChI is InChI=1S/C21H32N2O2/c1-4-25-19-10-9-17-11-12-23(14-18(17)13-19)16(3)21(24)22-20-8-6-5-7-15(20)2/h9-10,13,15-16,20H,4-8,11-12,14H2,1-3H3,(H,22,24)/t15-,16-,20+/m1/s1. The Hall–Kier alpha value is -1.55. The van der Waals surface area contributed by atoms with Crippen LogP contribution >= 0.6 is 0 Å². The molecule has 4 heteroatoms. The largest absolute Gasteiger partial charge is 0.494 e. The summed E-state index contributed by atoms with van der Waals surface area (Å²) in [7, 11) is 0. The molecule has 0 radical (unpaired) electrons. The fourth-order valence-corrected chi connectivity index (χ4v) is 4.14. The highest BCUT2D eigenvalue weighted by Crippen LogP contribution is 2.26. The van der Waals surface area contributed by atoms with Gasteiger partial charge >= 0.3 is 0 Å². The lowest BCUT2D eigenvalue weighted by atomic mass is 9.86. The molecule has 1 amide bonds.